The Morgan fingerprint density at radius 3 is 3.17 bits per heavy atom. The van der Waals surface area contributed by atoms with Crippen molar-refractivity contribution in [1.82, 2.24) is 15.1 Å². The topological polar surface area (TPSA) is 31.9 Å². The van der Waals surface area contributed by atoms with Crippen LogP contribution in [0.2, 0.25) is 5.02 Å². The predicted octanol–water partition coefficient (Wildman–Crippen LogP) is 3.33. The van der Waals surface area contributed by atoms with Crippen molar-refractivity contribution in [2.75, 3.05) is 19.6 Å². The number of hydrogen-bond donors (Lipinski definition) is 1. The number of nitrogens with zero attached hydrogens (tertiary/aromatic N) is 2. The minimum absolute atomic E-state index is 0.707. The Labute approximate surface area is 111 Å². The summed E-state index contributed by atoms with van der Waals surface area (Å²) < 4.78 is 0. The fourth-order valence-corrected chi connectivity index (χ4v) is 2.72. The first-order valence-electron chi connectivity index (χ1n) is 6.34. The lowest BCUT2D eigenvalue weighted by molar-refractivity contribution is 0.321. The van der Waals surface area contributed by atoms with Crippen molar-refractivity contribution in [3.63, 3.8) is 0 Å². The fourth-order valence-electron chi connectivity index (χ4n) is 2.50. The Bertz CT molecular complexity index is 600. The maximum absolute atomic E-state index is 6.15. The molecule has 2 aromatic rings. The molecule has 0 radical (unpaired) electrons. The van der Waals surface area contributed by atoms with Crippen LogP contribution in [-0.4, -0.2) is 34.7 Å². The molecule has 0 spiro atoms. The summed E-state index contributed by atoms with van der Waals surface area (Å²) in [7, 11) is 0. The van der Waals surface area contributed by atoms with E-state index in [4.69, 9.17) is 11.6 Å². The van der Waals surface area contributed by atoms with Gasteiger partial charge in [0, 0.05) is 18.5 Å². The van der Waals surface area contributed by atoms with Crippen molar-refractivity contribution < 1.29 is 0 Å². The molecule has 1 aromatic heterocycles. The first-order valence-corrected chi connectivity index (χ1v) is 6.71. The number of nitrogens with one attached hydrogen (secondary N) is 1. The van der Waals surface area contributed by atoms with Crippen molar-refractivity contribution >= 4 is 28.1 Å². The summed E-state index contributed by atoms with van der Waals surface area (Å²) in [4.78, 5) is 2.44. The summed E-state index contributed by atoms with van der Waals surface area (Å²) in [6.45, 7) is 5.42. The fraction of sp³-hybridized carbons (Fsp3) is 0.357. The molecule has 0 saturated carbocycles. The summed E-state index contributed by atoms with van der Waals surface area (Å²) >= 11 is 6.15. The minimum Gasteiger partial charge on any atom is -0.299 e. The van der Waals surface area contributed by atoms with E-state index in [1.165, 1.54) is 5.57 Å². The van der Waals surface area contributed by atoms with E-state index >= 15 is 0 Å². The molecule has 3 nitrogen and oxygen atoms in total. The van der Waals surface area contributed by atoms with E-state index < -0.39 is 0 Å². The van der Waals surface area contributed by atoms with E-state index in [9.17, 15) is 0 Å². The molecule has 94 valence electrons. The van der Waals surface area contributed by atoms with Gasteiger partial charge in [-0.05, 0) is 24.6 Å². The molecule has 1 aliphatic heterocycles. The second kappa shape index (κ2) is 4.75. The SMILES string of the molecule is CCN1CCC=C(c2[nH]nc3c(Cl)cccc23)C1. The number of benzene rings is 1. The number of halogens is 1. The highest BCUT2D eigenvalue weighted by Crippen LogP contribution is 2.29. The van der Waals surface area contributed by atoms with Gasteiger partial charge >= 0.3 is 0 Å². The molecule has 4 heteroatoms. The summed E-state index contributed by atoms with van der Waals surface area (Å²) in [5, 5.41) is 9.29. The molecule has 1 N–H and O–H groups in total. The van der Waals surface area contributed by atoms with Gasteiger partial charge in [-0.25, -0.2) is 0 Å². The highest BCUT2D eigenvalue weighted by atomic mass is 35.5. The first kappa shape index (κ1) is 11.8. The minimum atomic E-state index is 0.707. The average molecular weight is 262 g/mol. The third-order valence-corrected chi connectivity index (χ3v) is 3.84. The Balaban J connectivity index is 2.05. The van der Waals surface area contributed by atoms with Crippen molar-refractivity contribution in [3.8, 4) is 0 Å². The molecular formula is C14H16ClN3. The standard InChI is InChI=1S/C14H16ClN3/c1-2-18-8-4-5-10(9-18)13-11-6-3-7-12(15)14(11)17-16-13/h3,5-7H,2,4,8-9H2,1H3,(H,16,17). The summed E-state index contributed by atoms with van der Waals surface area (Å²) in [6.07, 6.45) is 3.41. The van der Waals surface area contributed by atoms with E-state index in [0.717, 1.165) is 42.7 Å². The maximum Gasteiger partial charge on any atom is 0.111 e. The van der Waals surface area contributed by atoms with E-state index in [2.05, 4.69) is 34.2 Å². The molecule has 1 aromatic carbocycles. The van der Waals surface area contributed by atoms with Gasteiger partial charge < -0.3 is 0 Å². The highest BCUT2D eigenvalue weighted by molar-refractivity contribution is 6.35. The molecule has 0 fully saturated rings. The van der Waals surface area contributed by atoms with Crippen LogP contribution in [0.5, 0.6) is 0 Å². The number of aromatic nitrogens is 2. The number of rotatable bonds is 2. The molecule has 0 amide bonds. The zero-order valence-corrected chi connectivity index (χ0v) is 11.2. The largest absolute Gasteiger partial charge is 0.299 e. The second-order valence-corrected chi connectivity index (χ2v) is 5.03. The molecule has 18 heavy (non-hydrogen) atoms. The number of fused-ring (bicyclic) bond motifs is 1. The third kappa shape index (κ3) is 1.93. The van der Waals surface area contributed by atoms with E-state index in [-0.39, 0.29) is 0 Å². The smallest absolute Gasteiger partial charge is 0.111 e. The average Bonchev–Trinajstić information content (AvgIpc) is 2.84. The number of hydrogen-bond acceptors (Lipinski definition) is 2. The van der Waals surface area contributed by atoms with Gasteiger partial charge in [-0.3, -0.25) is 10.00 Å². The monoisotopic (exact) mass is 261 g/mol. The van der Waals surface area contributed by atoms with E-state index in [1.807, 2.05) is 12.1 Å². The molecule has 0 atom stereocenters. The van der Waals surface area contributed by atoms with Gasteiger partial charge in [-0.2, -0.15) is 5.10 Å². The molecule has 0 unspecified atom stereocenters. The number of likely N-dealkylation sites (N-methyl/N-ethyl adjacent to an activating group) is 1. The molecule has 0 bridgehead atoms. The summed E-state index contributed by atoms with van der Waals surface area (Å²) in [5.41, 5.74) is 3.31. The van der Waals surface area contributed by atoms with Gasteiger partial charge in [-0.15, -0.1) is 0 Å². The zero-order valence-electron chi connectivity index (χ0n) is 10.4. The third-order valence-electron chi connectivity index (χ3n) is 3.53. The number of para-hydroxylation sites is 1. The lowest BCUT2D eigenvalue weighted by atomic mass is 10.0. The molecule has 2 heterocycles. The van der Waals surface area contributed by atoms with Crippen LogP contribution in [-0.2, 0) is 0 Å². The van der Waals surface area contributed by atoms with Gasteiger partial charge in [0.15, 0.2) is 0 Å². The van der Waals surface area contributed by atoms with E-state index in [0.29, 0.717) is 5.02 Å². The predicted molar refractivity (Wildman–Crippen MR) is 75.8 cm³/mol. The zero-order chi connectivity index (χ0) is 12.5. The quantitative estimate of drug-likeness (QED) is 0.899. The van der Waals surface area contributed by atoms with Crippen LogP contribution in [0, 0.1) is 0 Å². The van der Waals surface area contributed by atoms with Crippen molar-refractivity contribution in [3.05, 3.63) is 35.0 Å². The van der Waals surface area contributed by atoms with Crippen LogP contribution in [0.25, 0.3) is 16.5 Å². The Kier molecular flexibility index (Phi) is 3.10. The lowest BCUT2D eigenvalue weighted by Gasteiger charge is -2.25. The Morgan fingerprint density at radius 2 is 2.33 bits per heavy atom. The van der Waals surface area contributed by atoms with Crippen LogP contribution in [0.1, 0.15) is 19.0 Å². The van der Waals surface area contributed by atoms with Gasteiger partial charge in [-0.1, -0.05) is 36.7 Å². The van der Waals surface area contributed by atoms with Crippen molar-refractivity contribution in [2.45, 2.75) is 13.3 Å². The molecule has 0 aliphatic carbocycles. The van der Waals surface area contributed by atoms with Gasteiger partial charge in [0.25, 0.3) is 0 Å². The van der Waals surface area contributed by atoms with Crippen molar-refractivity contribution in [2.24, 2.45) is 0 Å². The first-order chi connectivity index (χ1) is 8.79. The van der Waals surface area contributed by atoms with Crippen LogP contribution in [0.4, 0.5) is 0 Å². The van der Waals surface area contributed by atoms with Gasteiger partial charge in [0.05, 0.1) is 10.7 Å². The maximum atomic E-state index is 6.15. The molecule has 1 aliphatic rings. The number of H-pyrrole nitrogens is 1. The second-order valence-electron chi connectivity index (χ2n) is 4.62. The Morgan fingerprint density at radius 1 is 1.44 bits per heavy atom. The highest BCUT2D eigenvalue weighted by Gasteiger charge is 2.16. The van der Waals surface area contributed by atoms with Crippen LogP contribution >= 0.6 is 11.6 Å². The van der Waals surface area contributed by atoms with Gasteiger partial charge in [0.2, 0.25) is 0 Å². The lowest BCUT2D eigenvalue weighted by Crippen LogP contribution is -2.29. The van der Waals surface area contributed by atoms with Crippen LogP contribution < -0.4 is 0 Å². The van der Waals surface area contributed by atoms with Crippen LogP contribution in [0.3, 0.4) is 0 Å². The van der Waals surface area contributed by atoms with Crippen LogP contribution in [0.15, 0.2) is 24.3 Å². The molecular weight excluding hydrogens is 246 g/mol. The summed E-state index contributed by atoms with van der Waals surface area (Å²) in [5.74, 6) is 0. The normalized spacial score (nSPS) is 17.1. The van der Waals surface area contributed by atoms with E-state index in [1.54, 1.807) is 0 Å². The van der Waals surface area contributed by atoms with Crippen molar-refractivity contribution in [1.29, 1.82) is 0 Å². The summed E-state index contributed by atoms with van der Waals surface area (Å²) in [6, 6.07) is 5.93. The molecule has 3 rings (SSSR count). The van der Waals surface area contributed by atoms with Gasteiger partial charge in [0.1, 0.15) is 5.52 Å². The number of aromatic amines is 1. The molecule has 0 saturated heterocycles. The Hall–Kier alpha value is -1.32.